The number of nitrogens with one attached hydrogen (secondary N) is 2. The van der Waals surface area contributed by atoms with Crippen LogP contribution < -0.4 is 10.6 Å². The Morgan fingerprint density at radius 3 is 3.17 bits per heavy atom. The summed E-state index contributed by atoms with van der Waals surface area (Å²) < 4.78 is 7.59. The molecule has 2 unspecified atom stereocenters. The van der Waals surface area contributed by atoms with Crippen molar-refractivity contribution in [1.82, 2.24) is 20.2 Å². The summed E-state index contributed by atoms with van der Waals surface area (Å²) in [7, 11) is 0. The number of allylic oxidation sites excluding steroid dienone is 1. The second-order valence-electron chi connectivity index (χ2n) is 6.99. The maximum absolute atomic E-state index is 12.6. The molecule has 0 saturated carbocycles. The SMILES string of the molecule is CC1CC=Cn2c1cnc2C(C)(C)NC(=O)C1CNCCOC1. The number of ether oxygens (including phenoxy) is 1. The van der Waals surface area contributed by atoms with Gasteiger partial charge in [-0.15, -0.1) is 0 Å². The number of nitrogens with zero attached hydrogens (tertiary/aromatic N) is 2. The maximum atomic E-state index is 12.6. The normalized spacial score (nSPS) is 24.8. The lowest BCUT2D eigenvalue weighted by Gasteiger charge is -2.29. The third kappa shape index (κ3) is 3.33. The number of imidazole rings is 1. The van der Waals surface area contributed by atoms with Crippen LogP contribution in [0.1, 0.15) is 44.6 Å². The van der Waals surface area contributed by atoms with E-state index in [1.165, 1.54) is 5.69 Å². The summed E-state index contributed by atoms with van der Waals surface area (Å²) in [5.74, 6) is 1.16. The van der Waals surface area contributed by atoms with Crippen LogP contribution in [0.3, 0.4) is 0 Å². The molecule has 3 rings (SSSR count). The molecule has 0 radical (unpaired) electrons. The van der Waals surface area contributed by atoms with Crippen molar-refractivity contribution in [2.24, 2.45) is 5.92 Å². The molecule has 3 heterocycles. The fourth-order valence-corrected chi connectivity index (χ4v) is 3.19. The minimum Gasteiger partial charge on any atom is -0.379 e. The first-order valence-corrected chi connectivity index (χ1v) is 8.34. The number of hydrogen-bond acceptors (Lipinski definition) is 4. The minimum atomic E-state index is -0.539. The van der Waals surface area contributed by atoms with Crippen LogP contribution in [-0.4, -0.2) is 41.8 Å². The van der Waals surface area contributed by atoms with Crippen molar-refractivity contribution in [3.05, 3.63) is 23.8 Å². The second kappa shape index (κ2) is 6.45. The van der Waals surface area contributed by atoms with Crippen molar-refractivity contribution in [3.63, 3.8) is 0 Å². The Bertz CT molecular complexity index is 598. The van der Waals surface area contributed by atoms with Gasteiger partial charge in [0.2, 0.25) is 5.91 Å². The summed E-state index contributed by atoms with van der Waals surface area (Å²) in [6.07, 6.45) is 7.17. The number of aromatic nitrogens is 2. The van der Waals surface area contributed by atoms with E-state index in [0.717, 1.165) is 18.8 Å². The fraction of sp³-hybridized carbons (Fsp3) is 0.647. The van der Waals surface area contributed by atoms with Gasteiger partial charge in [-0.1, -0.05) is 13.0 Å². The van der Waals surface area contributed by atoms with Crippen LogP contribution >= 0.6 is 0 Å². The van der Waals surface area contributed by atoms with E-state index in [0.29, 0.717) is 25.7 Å². The highest BCUT2D eigenvalue weighted by atomic mass is 16.5. The molecule has 126 valence electrons. The molecular weight excluding hydrogens is 292 g/mol. The van der Waals surface area contributed by atoms with Crippen LogP contribution in [-0.2, 0) is 15.1 Å². The minimum absolute atomic E-state index is 0.00888. The summed E-state index contributed by atoms with van der Waals surface area (Å²) in [4.78, 5) is 17.2. The smallest absolute Gasteiger partial charge is 0.227 e. The average molecular weight is 318 g/mol. The summed E-state index contributed by atoms with van der Waals surface area (Å²) in [6.45, 7) is 8.76. The highest BCUT2D eigenvalue weighted by Gasteiger charge is 2.32. The maximum Gasteiger partial charge on any atom is 0.227 e. The Morgan fingerprint density at radius 2 is 2.35 bits per heavy atom. The van der Waals surface area contributed by atoms with Gasteiger partial charge in [-0.2, -0.15) is 0 Å². The van der Waals surface area contributed by atoms with Gasteiger partial charge in [0, 0.05) is 37.1 Å². The molecule has 23 heavy (non-hydrogen) atoms. The summed E-state index contributed by atoms with van der Waals surface area (Å²) in [5.41, 5.74) is 0.660. The van der Waals surface area contributed by atoms with Crippen molar-refractivity contribution in [2.75, 3.05) is 26.3 Å². The lowest BCUT2D eigenvalue weighted by atomic mass is 9.99. The van der Waals surface area contributed by atoms with Crippen LogP contribution in [0, 0.1) is 5.92 Å². The van der Waals surface area contributed by atoms with Crippen molar-refractivity contribution < 1.29 is 9.53 Å². The van der Waals surface area contributed by atoms with Gasteiger partial charge >= 0.3 is 0 Å². The van der Waals surface area contributed by atoms with Crippen LogP contribution in [0.25, 0.3) is 6.20 Å². The molecule has 2 atom stereocenters. The molecule has 0 aliphatic carbocycles. The first kappa shape index (κ1) is 16.2. The van der Waals surface area contributed by atoms with Gasteiger partial charge in [0.05, 0.1) is 24.7 Å². The standard InChI is InChI=1S/C17H26N4O2/c1-12-5-4-7-21-14(12)10-19-16(21)17(2,3)20-15(22)13-9-18-6-8-23-11-13/h4,7,10,12-13,18H,5-6,8-9,11H2,1-3H3,(H,20,22). The highest BCUT2D eigenvalue weighted by Crippen LogP contribution is 2.29. The van der Waals surface area contributed by atoms with E-state index >= 15 is 0 Å². The molecule has 1 saturated heterocycles. The summed E-state index contributed by atoms with van der Waals surface area (Å²) in [6, 6.07) is 0. The molecule has 2 N–H and O–H groups in total. The number of carbonyl (C=O) groups excluding carboxylic acids is 1. The lowest BCUT2D eigenvalue weighted by Crippen LogP contribution is -2.48. The predicted molar refractivity (Wildman–Crippen MR) is 88.9 cm³/mol. The zero-order valence-electron chi connectivity index (χ0n) is 14.1. The molecule has 2 aliphatic rings. The zero-order valence-corrected chi connectivity index (χ0v) is 14.1. The Kier molecular flexibility index (Phi) is 4.55. The first-order valence-electron chi connectivity index (χ1n) is 8.34. The third-order valence-corrected chi connectivity index (χ3v) is 4.57. The average Bonchev–Trinajstić information content (AvgIpc) is 2.77. The predicted octanol–water partition coefficient (Wildman–Crippen LogP) is 1.45. The molecule has 0 bridgehead atoms. The first-order chi connectivity index (χ1) is 11.0. The molecule has 1 fully saturated rings. The highest BCUT2D eigenvalue weighted by molar-refractivity contribution is 5.80. The Balaban J connectivity index is 1.77. The van der Waals surface area contributed by atoms with Crippen LogP contribution in [0.5, 0.6) is 0 Å². The van der Waals surface area contributed by atoms with Crippen molar-refractivity contribution in [1.29, 1.82) is 0 Å². The molecular formula is C17H26N4O2. The van der Waals surface area contributed by atoms with Gasteiger partial charge in [-0.3, -0.25) is 4.79 Å². The van der Waals surface area contributed by atoms with Crippen molar-refractivity contribution >= 4 is 12.1 Å². The monoisotopic (exact) mass is 318 g/mol. The van der Waals surface area contributed by atoms with E-state index in [-0.39, 0.29) is 11.8 Å². The fourth-order valence-electron chi connectivity index (χ4n) is 3.19. The zero-order chi connectivity index (χ0) is 16.4. The quantitative estimate of drug-likeness (QED) is 0.885. The Morgan fingerprint density at radius 1 is 1.52 bits per heavy atom. The van der Waals surface area contributed by atoms with Crippen molar-refractivity contribution in [2.45, 2.75) is 38.6 Å². The van der Waals surface area contributed by atoms with Crippen LogP contribution in [0.15, 0.2) is 12.3 Å². The molecule has 1 aromatic heterocycles. The van der Waals surface area contributed by atoms with E-state index in [1.54, 1.807) is 0 Å². The third-order valence-electron chi connectivity index (χ3n) is 4.57. The van der Waals surface area contributed by atoms with E-state index in [1.807, 2.05) is 20.0 Å². The van der Waals surface area contributed by atoms with Gasteiger partial charge in [-0.25, -0.2) is 4.98 Å². The largest absolute Gasteiger partial charge is 0.379 e. The molecule has 0 aromatic carbocycles. The number of hydrogen-bond donors (Lipinski definition) is 2. The Hall–Kier alpha value is -1.66. The second-order valence-corrected chi connectivity index (χ2v) is 6.99. The summed E-state index contributed by atoms with van der Waals surface area (Å²) >= 11 is 0. The summed E-state index contributed by atoms with van der Waals surface area (Å²) in [5, 5.41) is 6.38. The van der Waals surface area contributed by atoms with Crippen LogP contribution in [0.2, 0.25) is 0 Å². The van der Waals surface area contributed by atoms with Gasteiger partial charge in [-0.05, 0) is 20.3 Å². The van der Waals surface area contributed by atoms with E-state index < -0.39 is 5.54 Å². The van der Waals surface area contributed by atoms with Gasteiger partial charge in [0.1, 0.15) is 5.82 Å². The molecule has 6 nitrogen and oxygen atoms in total. The number of carbonyl (C=O) groups is 1. The molecule has 6 heteroatoms. The number of amides is 1. The number of rotatable bonds is 3. The Labute approximate surface area is 137 Å². The van der Waals surface area contributed by atoms with E-state index in [4.69, 9.17) is 4.74 Å². The van der Waals surface area contributed by atoms with Gasteiger partial charge in [0.25, 0.3) is 0 Å². The van der Waals surface area contributed by atoms with Crippen LogP contribution in [0.4, 0.5) is 0 Å². The molecule has 1 amide bonds. The van der Waals surface area contributed by atoms with Gasteiger partial charge < -0.3 is 19.9 Å². The van der Waals surface area contributed by atoms with Crippen molar-refractivity contribution in [3.8, 4) is 0 Å². The van der Waals surface area contributed by atoms with E-state index in [9.17, 15) is 4.79 Å². The molecule has 0 spiro atoms. The molecule has 1 aromatic rings. The molecule has 2 aliphatic heterocycles. The number of fused-ring (bicyclic) bond motifs is 1. The van der Waals surface area contributed by atoms with Gasteiger partial charge in [0.15, 0.2) is 0 Å². The lowest BCUT2D eigenvalue weighted by molar-refractivity contribution is -0.128. The topological polar surface area (TPSA) is 68.2 Å². The van der Waals surface area contributed by atoms with E-state index in [2.05, 4.69) is 39.4 Å².